The minimum atomic E-state index is 0.304. The highest BCUT2D eigenvalue weighted by Crippen LogP contribution is 2.27. The molecule has 4 N–H and O–H groups in total. The number of hydrogen-bond acceptors (Lipinski definition) is 5. The topological polar surface area (TPSA) is 88.7 Å². The number of nitrogens with two attached hydrogens (primary N) is 1. The fourth-order valence-corrected chi connectivity index (χ4v) is 3.80. The summed E-state index contributed by atoms with van der Waals surface area (Å²) in [6.07, 6.45) is 17.8. The molecule has 0 radical (unpaired) electrons. The molecule has 0 saturated carbocycles. The molecule has 0 spiro atoms. The van der Waals surface area contributed by atoms with Gasteiger partial charge in [0, 0.05) is 42.2 Å². The molecule has 1 saturated heterocycles. The number of morpholine rings is 1. The van der Waals surface area contributed by atoms with Gasteiger partial charge in [-0.2, -0.15) is 0 Å². The van der Waals surface area contributed by atoms with Crippen molar-refractivity contribution < 1.29 is 9.53 Å². The van der Waals surface area contributed by atoms with Gasteiger partial charge in [-0.1, -0.05) is 57.2 Å². The van der Waals surface area contributed by atoms with Crippen molar-refractivity contribution in [2.75, 3.05) is 26.8 Å². The van der Waals surface area contributed by atoms with Crippen LogP contribution in [0.3, 0.4) is 0 Å². The molecule has 0 unspecified atom stereocenters. The van der Waals surface area contributed by atoms with Gasteiger partial charge in [-0.25, -0.2) is 4.99 Å². The minimum Gasteiger partial charge on any atom is -0.388 e. The number of carbonyl (C=O) groups is 1. The summed E-state index contributed by atoms with van der Waals surface area (Å²) in [5.41, 5.74) is 12.7. The Morgan fingerprint density at radius 3 is 2.56 bits per heavy atom. The van der Waals surface area contributed by atoms with Gasteiger partial charge in [0.15, 0.2) is 6.29 Å². The molecule has 0 amide bonds. The summed E-state index contributed by atoms with van der Waals surface area (Å²) < 4.78 is 5.45. The summed E-state index contributed by atoms with van der Waals surface area (Å²) in [6.45, 7) is 16.0. The summed E-state index contributed by atoms with van der Waals surface area (Å²) >= 11 is 0. The van der Waals surface area contributed by atoms with E-state index in [4.69, 9.17) is 10.5 Å². The van der Waals surface area contributed by atoms with E-state index in [9.17, 15) is 4.79 Å². The van der Waals surface area contributed by atoms with Crippen molar-refractivity contribution in [2.45, 2.75) is 53.9 Å². The van der Waals surface area contributed by atoms with E-state index in [1.807, 2.05) is 32.2 Å². The Labute approximate surface area is 217 Å². The number of aliphatic imine (C=N–C) groups is 1. The molecule has 0 aromatic carbocycles. The Bertz CT molecular complexity index is 1010. The molecule has 6 heteroatoms. The zero-order valence-electron chi connectivity index (χ0n) is 22.9. The zero-order chi connectivity index (χ0) is 26.9. The second-order valence-corrected chi connectivity index (χ2v) is 8.37. The first-order valence-corrected chi connectivity index (χ1v) is 12.7. The molecule has 1 fully saturated rings. The standard InChI is InChI=1S/C30H44N4O2/c1-8-12-13-15-22(5)26(10-3)24(14-9-2)18-27(29(11-4)32-7)28(20-35)23(6)34-30(31)19-25-21-36-17-16-33-25/h10-11,13-15,18-20,32-33H,3,8-9,12,16-17,21H2,1-2,4-7H3,(H2,31,34)/b15-13-,24-14-,25-19-,26-22+,27-18-,28-23+,29-11+. The smallest absolute Gasteiger partial charge is 0.152 e. The third kappa shape index (κ3) is 9.70. The average molecular weight is 493 g/mol. The third-order valence-corrected chi connectivity index (χ3v) is 5.61. The average Bonchev–Trinajstić information content (AvgIpc) is 2.86. The van der Waals surface area contributed by atoms with Crippen LogP contribution < -0.4 is 16.4 Å². The number of ether oxygens (including phenoxy) is 1. The second kappa shape index (κ2) is 17.1. The van der Waals surface area contributed by atoms with E-state index in [1.165, 1.54) is 0 Å². The van der Waals surface area contributed by atoms with Crippen LogP contribution in [0.5, 0.6) is 0 Å². The van der Waals surface area contributed by atoms with Crippen molar-refractivity contribution in [1.82, 2.24) is 10.6 Å². The van der Waals surface area contributed by atoms with Gasteiger partial charge in [0.25, 0.3) is 0 Å². The lowest BCUT2D eigenvalue weighted by Crippen LogP contribution is -2.30. The molecule has 1 aliphatic heterocycles. The molecule has 1 heterocycles. The zero-order valence-corrected chi connectivity index (χ0v) is 22.9. The Morgan fingerprint density at radius 1 is 1.28 bits per heavy atom. The van der Waals surface area contributed by atoms with Crippen molar-refractivity contribution in [1.29, 1.82) is 0 Å². The molecule has 0 aliphatic carbocycles. The lowest BCUT2D eigenvalue weighted by molar-refractivity contribution is -0.104. The van der Waals surface area contributed by atoms with Gasteiger partial charge in [0.05, 0.1) is 18.9 Å². The predicted molar refractivity (Wildman–Crippen MR) is 154 cm³/mol. The van der Waals surface area contributed by atoms with Gasteiger partial charge in [-0.05, 0) is 56.4 Å². The molecule has 0 bridgehead atoms. The Morgan fingerprint density at radius 2 is 2.03 bits per heavy atom. The second-order valence-electron chi connectivity index (χ2n) is 8.37. The molecule has 36 heavy (non-hydrogen) atoms. The first kappa shape index (κ1) is 30.7. The lowest BCUT2D eigenvalue weighted by Gasteiger charge is -2.17. The van der Waals surface area contributed by atoms with Gasteiger partial charge in [-0.15, -0.1) is 0 Å². The first-order valence-electron chi connectivity index (χ1n) is 12.7. The highest BCUT2D eigenvalue weighted by atomic mass is 16.5. The number of aldehydes is 1. The molecule has 196 valence electrons. The maximum atomic E-state index is 12.4. The van der Waals surface area contributed by atoms with E-state index in [2.05, 4.69) is 61.2 Å². The van der Waals surface area contributed by atoms with E-state index in [0.717, 1.165) is 65.8 Å². The van der Waals surface area contributed by atoms with Crippen LogP contribution in [-0.2, 0) is 9.53 Å². The molecule has 0 atom stereocenters. The van der Waals surface area contributed by atoms with Crippen molar-refractivity contribution >= 4 is 12.1 Å². The van der Waals surface area contributed by atoms with Gasteiger partial charge in [0.2, 0.25) is 0 Å². The highest BCUT2D eigenvalue weighted by molar-refractivity contribution is 5.94. The van der Waals surface area contributed by atoms with Crippen molar-refractivity contribution in [3.8, 4) is 0 Å². The van der Waals surface area contributed by atoms with Crippen LogP contribution in [0, 0.1) is 0 Å². The molecule has 0 aromatic heterocycles. The maximum Gasteiger partial charge on any atom is 0.152 e. The van der Waals surface area contributed by atoms with Gasteiger partial charge >= 0.3 is 0 Å². The van der Waals surface area contributed by atoms with E-state index in [1.54, 1.807) is 13.0 Å². The van der Waals surface area contributed by atoms with E-state index in [-0.39, 0.29) is 0 Å². The minimum absolute atomic E-state index is 0.304. The maximum absolute atomic E-state index is 12.4. The highest BCUT2D eigenvalue weighted by Gasteiger charge is 2.15. The van der Waals surface area contributed by atoms with Crippen molar-refractivity contribution in [3.05, 3.63) is 94.1 Å². The quantitative estimate of drug-likeness (QED) is 0.103. The largest absolute Gasteiger partial charge is 0.388 e. The number of nitrogens with one attached hydrogen (secondary N) is 2. The van der Waals surface area contributed by atoms with Crippen LogP contribution in [0.1, 0.15) is 53.9 Å². The Hall–Kier alpha value is -3.38. The lowest BCUT2D eigenvalue weighted by atomic mass is 9.93. The summed E-state index contributed by atoms with van der Waals surface area (Å²) in [5, 5.41) is 6.46. The van der Waals surface area contributed by atoms with E-state index >= 15 is 0 Å². The number of amidine groups is 1. The van der Waals surface area contributed by atoms with E-state index in [0.29, 0.717) is 30.3 Å². The number of nitrogens with zero attached hydrogens (tertiary/aromatic N) is 1. The van der Waals surface area contributed by atoms with Gasteiger partial charge in [0.1, 0.15) is 5.84 Å². The van der Waals surface area contributed by atoms with Crippen LogP contribution in [0.4, 0.5) is 0 Å². The summed E-state index contributed by atoms with van der Waals surface area (Å²) in [4.78, 5) is 16.9. The molecule has 1 aliphatic rings. The van der Waals surface area contributed by atoms with Crippen molar-refractivity contribution in [3.63, 3.8) is 0 Å². The summed E-state index contributed by atoms with van der Waals surface area (Å²) in [7, 11) is 1.84. The first-order chi connectivity index (χ1) is 17.4. The predicted octanol–water partition coefficient (Wildman–Crippen LogP) is 5.57. The number of carbonyl (C=O) groups excluding carboxylic acids is 1. The monoisotopic (exact) mass is 492 g/mol. The molecular weight excluding hydrogens is 448 g/mol. The Kier molecular flexibility index (Phi) is 14.6. The van der Waals surface area contributed by atoms with Crippen LogP contribution in [-0.4, -0.2) is 38.9 Å². The third-order valence-electron chi connectivity index (χ3n) is 5.61. The molecule has 0 aromatic rings. The fourth-order valence-electron chi connectivity index (χ4n) is 3.80. The molecule has 1 rings (SSSR count). The van der Waals surface area contributed by atoms with Crippen molar-refractivity contribution in [2.24, 2.45) is 10.7 Å². The molecule has 6 nitrogen and oxygen atoms in total. The van der Waals surface area contributed by atoms with E-state index < -0.39 is 0 Å². The fraction of sp³-hybridized carbons (Fsp3) is 0.400. The SMILES string of the molecule is C=CC(/C(/C=C(C(/C=O)=C(C)/N=C(N)\C=C1\COCCN1)\C(=C/C)NC)=C\CC)=C(C)\C=C/CCC. The normalized spacial score (nSPS) is 18.6. The van der Waals surface area contributed by atoms with Gasteiger partial charge < -0.3 is 21.1 Å². The number of likely N-dealkylation sites (N-methyl/N-ethyl adjacent to an activating group) is 1. The summed E-state index contributed by atoms with van der Waals surface area (Å²) in [6, 6.07) is 0. The summed E-state index contributed by atoms with van der Waals surface area (Å²) in [5.74, 6) is 0.304. The number of unbranched alkanes of at least 4 members (excludes halogenated alkanes) is 1. The number of rotatable bonds is 13. The number of hydrogen-bond donors (Lipinski definition) is 3. The Balaban J connectivity index is 3.71. The van der Waals surface area contributed by atoms with Crippen LogP contribution in [0.25, 0.3) is 0 Å². The van der Waals surface area contributed by atoms with Crippen LogP contribution >= 0.6 is 0 Å². The molecular formula is C30H44N4O2. The van der Waals surface area contributed by atoms with Crippen LogP contribution in [0.15, 0.2) is 99.1 Å². The van der Waals surface area contributed by atoms with Gasteiger partial charge in [-0.3, -0.25) is 4.79 Å². The number of allylic oxidation sites excluding steroid dienone is 11. The van der Waals surface area contributed by atoms with Crippen LogP contribution in [0.2, 0.25) is 0 Å².